The third-order valence-corrected chi connectivity index (χ3v) is 5.32. The van der Waals surface area contributed by atoms with Crippen LogP contribution in [0.5, 0.6) is 0 Å². The average Bonchev–Trinajstić information content (AvgIpc) is 2.94. The van der Waals surface area contributed by atoms with Gasteiger partial charge in [0, 0.05) is 24.7 Å². The Balaban J connectivity index is 2.06. The number of benzene rings is 1. The molecule has 2 rings (SSSR count). The van der Waals surface area contributed by atoms with Gasteiger partial charge in [-0.3, -0.25) is 0 Å². The summed E-state index contributed by atoms with van der Waals surface area (Å²) in [6, 6.07) is 11.1. The molecule has 7 heteroatoms. The Morgan fingerprint density at radius 2 is 2.00 bits per heavy atom. The molecule has 0 fully saturated rings. The lowest BCUT2D eigenvalue weighted by Crippen LogP contribution is -2.21. The molecule has 1 heterocycles. The summed E-state index contributed by atoms with van der Waals surface area (Å²) in [5, 5.41) is 3.17. The highest BCUT2D eigenvalue weighted by atomic mass is 32.2. The molecule has 5 nitrogen and oxygen atoms in total. The normalized spacial score (nSPS) is 11.8. The minimum atomic E-state index is -3.51. The van der Waals surface area contributed by atoms with Crippen LogP contribution >= 0.6 is 11.8 Å². The van der Waals surface area contributed by atoms with Gasteiger partial charge in [-0.1, -0.05) is 6.07 Å². The Kier molecular flexibility index (Phi) is 4.97. The van der Waals surface area contributed by atoms with Gasteiger partial charge >= 0.3 is 0 Å². The molecule has 0 aliphatic rings. The standard InChI is InChI=1S/C14H18N2O3S2/c1-16(2)21(17,18)14-8-7-12(19-14)10-15-11-5-4-6-13(9-11)20-3/h4-9,15H,10H2,1-3H3. The third-order valence-electron chi connectivity index (χ3n) is 2.91. The first-order valence-corrected chi connectivity index (χ1v) is 8.99. The van der Waals surface area contributed by atoms with Crippen molar-refractivity contribution in [3.8, 4) is 0 Å². The van der Waals surface area contributed by atoms with Crippen LogP contribution in [0.25, 0.3) is 0 Å². The van der Waals surface area contributed by atoms with Crippen LogP contribution in [0.3, 0.4) is 0 Å². The van der Waals surface area contributed by atoms with E-state index in [1.807, 2.05) is 30.5 Å². The first-order chi connectivity index (χ1) is 9.93. The van der Waals surface area contributed by atoms with Crippen LogP contribution in [0.1, 0.15) is 5.76 Å². The van der Waals surface area contributed by atoms with Gasteiger partial charge in [0.15, 0.2) is 0 Å². The number of nitrogens with zero attached hydrogens (tertiary/aromatic N) is 1. The van der Waals surface area contributed by atoms with Gasteiger partial charge in [-0.2, -0.15) is 0 Å². The zero-order valence-electron chi connectivity index (χ0n) is 12.2. The lowest BCUT2D eigenvalue weighted by atomic mass is 10.3. The summed E-state index contributed by atoms with van der Waals surface area (Å²) in [4.78, 5) is 1.16. The fourth-order valence-electron chi connectivity index (χ4n) is 1.69. The summed E-state index contributed by atoms with van der Waals surface area (Å²) in [5.41, 5.74) is 0.968. The van der Waals surface area contributed by atoms with E-state index in [9.17, 15) is 8.42 Å². The molecule has 0 aliphatic heterocycles. The highest BCUT2D eigenvalue weighted by Gasteiger charge is 2.21. The molecule has 0 spiro atoms. The maximum absolute atomic E-state index is 11.9. The van der Waals surface area contributed by atoms with Crippen LogP contribution in [0.4, 0.5) is 5.69 Å². The van der Waals surface area contributed by atoms with Crippen molar-refractivity contribution in [3.63, 3.8) is 0 Å². The van der Waals surface area contributed by atoms with Gasteiger partial charge in [-0.15, -0.1) is 11.8 Å². The van der Waals surface area contributed by atoms with Crippen molar-refractivity contribution < 1.29 is 12.8 Å². The Hall–Kier alpha value is -1.44. The Morgan fingerprint density at radius 3 is 2.67 bits per heavy atom. The summed E-state index contributed by atoms with van der Waals surface area (Å²) in [6.45, 7) is 0.431. The summed E-state index contributed by atoms with van der Waals surface area (Å²) < 4.78 is 30.3. The lowest BCUT2D eigenvalue weighted by Gasteiger charge is -2.08. The van der Waals surface area contributed by atoms with E-state index in [4.69, 9.17) is 4.42 Å². The van der Waals surface area contributed by atoms with Crippen molar-refractivity contribution in [1.29, 1.82) is 0 Å². The van der Waals surface area contributed by atoms with Crippen molar-refractivity contribution >= 4 is 27.5 Å². The van der Waals surface area contributed by atoms with E-state index in [0.717, 1.165) is 14.9 Å². The Bertz CT molecular complexity index is 709. The van der Waals surface area contributed by atoms with E-state index in [1.54, 1.807) is 17.8 Å². The zero-order chi connectivity index (χ0) is 15.5. The molecular weight excluding hydrogens is 308 g/mol. The molecule has 2 aromatic rings. The predicted octanol–water partition coefficient (Wildman–Crippen LogP) is 2.86. The molecule has 0 saturated carbocycles. The molecule has 1 aromatic carbocycles. The topological polar surface area (TPSA) is 62.6 Å². The zero-order valence-corrected chi connectivity index (χ0v) is 13.8. The monoisotopic (exact) mass is 326 g/mol. The number of nitrogens with one attached hydrogen (secondary N) is 1. The minimum Gasteiger partial charge on any atom is -0.446 e. The van der Waals surface area contributed by atoms with E-state index in [2.05, 4.69) is 5.32 Å². The molecule has 0 unspecified atom stereocenters. The molecule has 21 heavy (non-hydrogen) atoms. The number of anilines is 1. The molecule has 0 bridgehead atoms. The van der Waals surface area contributed by atoms with E-state index < -0.39 is 10.0 Å². The molecule has 1 N–H and O–H groups in total. The van der Waals surface area contributed by atoms with E-state index in [1.165, 1.54) is 20.2 Å². The van der Waals surface area contributed by atoms with Crippen LogP contribution < -0.4 is 5.32 Å². The predicted molar refractivity (Wildman–Crippen MR) is 85.1 cm³/mol. The molecule has 0 saturated heterocycles. The average molecular weight is 326 g/mol. The van der Waals surface area contributed by atoms with Crippen molar-refractivity contribution in [2.75, 3.05) is 25.7 Å². The van der Waals surface area contributed by atoms with Crippen molar-refractivity contribution in [2.45, 2.75) is 16.5 Å². The largest absolute Gasteiger partial charge is 0.446 e. The SMILES string of the molecule is CSc1cccc(NCc2ccc(S(=O)(=O)N(C)C)o2)c1. The molecule has 114 valence electrons. The van der Waals surface area contributed by atoms with Crippen molar-refractivity contribution in [2.24, 2.45) is 0 Å². The van der Waals surface area contributed by atoms with Crippen molar-refractivity contribution in [3.05, 3.63) is 42.2 Å². The quantitative estimate of drug-likeness (QED) is 0.827. The molecule has 0 aliphatic carbocycles. The van der Waals surface area contributed by atoms with Gasteiger partial charge in [0.05, 0.1) is 6.54 Å². The first kappa shape index (κ1) is 15.9. The summed E-state index contributed by atoms with van der Waals surface area (Å²) in [5.74, 6) is 0.574. The van der Waals surface area contributed by atoms with Crippen LogP contribution in [-0.4, -0.2) is 33.1 Å². The Labute approximate surface area is 129 Å². The van der Waals surface area contributed by atoms with Gasteiger partial charge in [0.1, 0.15) is 5.76 Å². The number of hydrogen-bond donors (Lipinski definition) is 1. The summed E-state index contributed by atoms with van der Waals surface area (Å²) in [6.07, 6.45) is 2.02. The second kappa shape index (κ2) is 6.55. The first-order valence-electron chi connectivity index (χ1n) is 6.32. The second-order valence-electron chi connectivity index (χ2n) is 4.59. The third kappa shape index (κ3) is 3.81. The molecular formula is C14H18N2O3S2. The van der Waals surface area contributed by atoms with Crippen molar-refractivity contribution in [1.82, 2.24) is 4.31 Å². The number of sulfonamides is 1. The maximum Gasteiger partial charge on any atom is 0.275 e. The lowest BCUT2D eigenvalue weighted by molar-refractivity contribution is 0.402. The molecule has 0 amide bonds. The highest BCUT2D eigenvalue weighted by molar-refractivity contribution is 7.98. The number of thioether (sulfide) groups is 1. The minimum absolute atomic E-state index is 0.0397. The second-order valence-corrected chi connectivity index (χ2v) is 7.56. The van der Waals surface area contributed by atoms with Crippen LogP contribution in [0, 0.1) is 0 Å². The fraction of sp³-hybridized carbons (Fsp3) is 0.286. The maximum atomic E-state index is 11.9. The van der Waals surface area contributed by atoms with Gasteiger partial charge in [-0.25, -0.2) is 12.7 Å². The number of furan rings is 1. The Morgan fingerprint density at radius 1 is 1.24 bits per heavy atom. The fourth-order valence-corrected chi connectivity index (χ4v) is 2.97. The van der Waals surface area contributed by atoms with Gasteiger partial charge in [0.25, 0.3) is 10.0 Å². The van der Waals surface area contributed by atoms with E-state index in [-0.39, 0.29) is 5.09 Å². The number of hydrogen-bond acceptors (Lipinski definition) is 5. The summed E-state index contributed by atoms with van der Waals surface area (Å²) >= 11 is 1.67. The highest BCUT2D eigenvalue weighted by Crippen LogP contribution is 2.21. The van der Waals surface area contributed by atoms with Gasteiger partial charge in [-0.05, 0) is 36.6 Å². The van der Waals surface area contributed by atoms with E-state index in [0.29, 0.717) is 12.3 Å². The van der Waals surface area contributed by atoms with Gasteiger partial charge in [0.2, 0.25) is 5.09 Å². The smallest absolute Gasteiger partial charge is 0.275 e. The number of rotatable bonds is 6. The van der Waals surface area contributed by atoms with Gasteiger partial charge < -0.3 is 9.73 Å². The van der Waals surface area contributed by atoms with E-state index >= 15 is 0 Å². The van der Waals surface area contributed by atoms with Crippen LogP contribution in [-0.2, 0) is 16.6 Å². The van der Waals surface area contributed by atoms with Crippen LogP contribution in [0.15, 0.2) is 50.8 Å². The molecule has 0 radical (unpaired) electrons. The van der Waals surface area contributed by atoms with Crippen LogP contribution in [0.2, 0.25) is 0 Å². The summed E-state index contributed by atoms with van der Waals surface area (Å²) in [7, 11) is -0.562. The molecule has 1 aromatic heterocycles. The molecule has 0 atom stereocenters.